The molecule has 0 bridgehead atoms. The Morgan fingerprint density at radius 2 is 1.19 bits per heavy atom. The third-order valence-electron chi connectivity index (χ3n) is 6.93. The Balaban J connectivity index is 1.21. The predicted molar refractivity (Wildman–Crippen MR) is 142 cm³/mol. The molecule has 1 fully saturated rings. The van der Waals surface area contributed by atoms with Crippen LogP contribution < -0.4 is 15.5 Å². The minimum atomic E-state index is -0.337. The lowest BCUT2D eigenvalue weighted by Crippen LogP contribution is -2.30. The van der Waals surface area contributed by atoms with Crippen LogP contribution in [0.15, 0.2) is 84.4 Å². The lowest BCUT2D eigenvalue weighted by atomic mass is 9.82. The van der Waals surface area contributed by atoms with E-state index in [1.165, 1.54) is 4.90 Å². The van der Waals surface area contributed by atoms with Crippen LogP contribution in [-0.2, 0) is 9.59 Å². The minimum absolute atomic E-state index is 0.175. The first-order valence-corrected chi connectivity index (χ1v) is 12.2. The lowest BCUT2D eigenvalue weighted by molar-refractivity contribution is -0.122. The van der Waals surface area contributed by atoms with E-state index in [2.05, 4.69) is 10.6 Å². The predicted octanol–water partition coefficient (Wildman–Crippen LogP) is 5.35. The van der Waals surface area contributed by atoms with E-state index in [0.717, 1.165) is 11.1 Å². The van der Waals surface area contributed by atoms with Crippen LogP contribution in [0.4, 0.5) is 17.1 Å². The molecule has 1 heterocycles. The summed E-state index contributed by atoms with van der Waals surface area (Å²) in [6, 6.07) is 20.6. The van der Waals surface area contributed by atoms with E-state index in [1.807, 2.05) is 44.2 Å². The van der Waals surface area contributed by atoms with Gasteiger partial charge in [0, 0.05) is 22.5 Å². The maximum Gasteiger partial charge on any atom is 0.255 e. The second-order valence-corrected chi connectivity index (χ2v) is 9.61. The summed E-state index contributed by atoms with van der Waals surface area (Å²) in [6.45, 7) is 3.96. The molecule has 0 radical (unpaired) electrons. The monoisotopic (exact) mass is 493 g/mol. The quantitative estimate of drug-likeness (QED) is 0.370. The number of anilines is 3. The summed E-state index contributed by atoms with van der Waals surface area (Å²) in [5.74, 6) is -1.54. The normalized spacial score (nSPS) is 18.8. The van der Waals surface area contributed by atoms with Crippen molar-refractivity contribution < 1.29 is 19.2 Å². The molecule has 1 aliphatic carbocycles. The molecule has 4 amide bonds. The van der Waals surface area contributed by atoms with Gasteiger partial charge in [-0.1, -0.05) is 29.3 Å². The molecule has 5 rings (SSSR count). The number of rotatable bonds is 5. The van der Waals surface area contributed by atoms with Crippen molar-refractivity contribution in [3.63, 3.8) is 0 Å². The van der Waals surface area contributed by atoms with Crippen molar-refractivity contribution in [2.45, 2.75) is 26.7 Å². The summed E-state index contributed by atoms with van der Waals surface area (Å²) in [5, 5.41) is 5.65. The van der Waals surface area contributed by atoms with Gasteiger partial charge in [0.1, 0.15) is 0 Å². The van der Waals surface area contributed by atoms with Crippen LogP contribution in [0.5, 0.6) is 0 Å². The molecule has 0 unspecified atom stereocenters. The van der Waals surface area contributed by atoms with Crippen LogP contribution >= 0.6 is 0 Å². The van der Waals surface area contributed by atoms with Gasteiger partial charge >= 0.3 is 0 Å². The first kappa shape index (κ1) is 24.2. The fourth-order valence-corrected chi connectivity index (χ4v) is 4.80. The smallest absolute Gasteiger partial charge is 0.255 e. The van der Waals surface area contributed by atoms with Gasteiger partial charge in [-0.15, -0.1) is 0 Å². The molecule has 186 valence electrons. The van der Waals surface area contributed by atoms with Gasteiger partial charge in [0.25, 0.3) is 11.8 Å². The molecule has 7 heteroatoms. The van der Waals surface area contributed by atoms with Gasteiger partial charge in [0.15, 0.2) is 0 Å². The van der Waals surface area contributed by atoms with E-state index in [9.17, 15) is 19.2 Å². The molecule has 37 heavy (non-hydrogen) atoms. The van der Waals surface area contributed by atoms with Gasteiger partial charge in [0.05, 0.1) is 17.5 Å². The topological polar surface area (TPSA) is 95.6 Å². The molecule has 2 atom stereocenters. The minimum Gasteiger partial charge on any atom is -0.322 e. The number of amides is 4. The summed E-state index contributed by atoms with van der Waals surface area (Å²) in [7, 11) is 0. The van der Waals surface area contributed by atoms with Crippen molar-refractivity contribution >= 4 is 40.7 Å². The Morgan fingerprint density at radius 3 is 1.76 bits per heavy atom. The molecule has 2 aliphatic rings. The van der Waals surface area contributed by atoms with Crippen LogP contribution in [-0.4, -0.2) is 23.6 Å². The van der Waals surface area contributed by atoms with Crippen molar-refractivity contribution in [1.29, 1.82) is 0 Å². The largest absolute Gasteiger partial charge is 0.322 e. The Bertz CT molecular complexity index is 1410. The summed E-state index contributed by atoms with van der Waals surface area (Å²) in [6.07, 6.45) is 3.23. The van der Waals surface area contributed by atoms with Crippen molar-refractivity contribution in [2.75, 3.05) is 15.5 Å². The number of nitrogens with zero attached hydrogens (tertiary/aromatic N) is 1. The zero-order chi connectivity index (χ0) is 26.1. The van der Waals surface area contributed by atoms with E-state index in [1.54, 1.807) is 48.5 Å². The molecule has 3 aromatic carbocycles. The fraction of sp³-hybridized carbons (Fsp3) is 0.200. The number of carbonyl (C=O) groups excluding carboxylic acids is 4. The first-order valence-electron chi connectivity index (χ1n) is 12.2. The summed E-state index contributed by atoms with van der Waals surface area (Å²) in [5.41, 5.74) is 4.82. The highest BCUT2D eigenvalue weighted by atomic mass is 16.2. The lowest BCUT2D eigenvalue weighted by Gasteiger charge is -2.18. The molecule has 7 nitrogen and oxygen atoms in total. The van der Waals surface area contributed by atoms with Crippen LogP contribution in [0.25, 0.3) is 0 Å². The van der Waals surface area contributed by atoms with Crippen molar-refractivity contribution in [3.8, 4) is 0 Å². The van der Waals surface area contributed by atoms with E-state index in [0.29, 0.717) is 41.0 Å². The summed E-state index contributed by atoms with van der Waals surface area (Å²) < 4.78 is 0. The zero-order valence-electron chi connectivity index (χ0n) is 20.7. The Hall–Kier alpha value is -4.52. The highest BCUT2D eigenvalue weighted by molar-refractivity contribution is 6.22. The van der Waals surface area contributed by atoms with Crippen molar-refractivity contribution in [2.24, 2.45) is 11.8 Å². The first-order chi connectivity index (χ1) is 17.8. The maximum atomic E-state index is 12.9. The number of hydrogen-bond acceptors (Lipinski definition) is 4. The molecular weight excluding hydrogens is 466 g/mol. The molecule has 0 spiro atoms. The maximum absolute atomic E-state index is 12.9. The van der Waals surface area contributed by atoms with E-state index >= 15 is 0 Å². The van der Waals surface area contributed by atoms with Gasteiger partial charge < -0.3 is 10.6 Å². The van der Waals surface area contributed by atoms with Gasteiger partial charge in [0.2, 0.25) is 11.8 Å². The van der Waals surface area contributed by atoms with Gasteiger partial charge in [-0.25, -0.2) is 0 Å². The van der Waals surface area contributed by atoms with E-state index < -0.39 is 0 Å². The third kappa shape index (κ3) is 4.93. The number of hydrogen-bond donors (Lipinski definition) is 2. The molecular formula is C30H27N3O4. The average molecular weight is 494 g/mol. The average Bonchev–Trinajstić information content (AvgIpc) is 3.14. The number of benzene rings is 3. The second kappa shape index (κ2) is 9.85. The number of imide groups is 1. The van der Waals surface area contributed by atoms with Crippen LogP contribution in [0.1, 0.15) is 46.0 Å². The highest BCUT2D eigenvalue weighted by Gasteiger charge is 2.48. The number of allylic oxidation sites excluding steroid dienone is 2. The van der Waals surface area contributed by atoms with E-state index in [4.69, 9.17) is 0 Å². The summed E-state index contributed by atoms with van der Waals surface area (Å²) in [4.78, 5) is 52.3. The Labute approximate surface area is 215 Å². The molecule has 0 aromatic heterocycles. The van der Waals surface area contributed by atoms with Crippen LogP contribution in [0.3, 0.4) is 0 Å². The second-order valence-electron chi connectivity index (χ2n) is 9.61. The van der Waals surface area contributed by atoms with Gasteiger partial charge in [-0.3, -0.25) is 24.1 Å². The number of carbonyl (C=O) groups is 4. The Kier molecular flexibility index (Phi) is 6.44. The number of aryl methyl sites for hydroxylation is 1. The molecule has 1 aliphatic heterocycles. The standard InChI is InChI=1S/C30H27N3O4/c1-18-3-10-22(11-4-18)31-27(34)20-6-12-23(13-7-20)32-28(35)21-8-14-24(15-9-21)33-29(36)25-16-5-19(2)17-26(25)30(33)37/h3-15,25-26H,16-17H2,1-2H3,(H,31,34)(H,32,35)/t25-,26+/m1/s1. The zero-order valence-corrected chi connectivity index (χ0v) is 20.7. The van der Waals surface area contributed by atoms with Crippen LogP contribution in [0, 0.1) is 18.8 Å². The Morgan fingerprint density at radius 1 is 0.703 bits per heavy atom. The van der Waals surface area contributed by atoms with Gasteiger partial charge in [-0.05, 0) is 87.4 Å². The molecule has 0 saturated carbocycles. The van der Waals surface area contributed by atoms with Crippen molar-refractivity contribution in [3.05, 3.63) is 101 Å². The number of fused-ring (bicyclic) bond motifs is 1. The molecule has 3 aromatic rings. The van der Waals surface area contributed by atoms with Crippen LogP contribution in [0.2, 0.25) is 0 Å². The summed E-state index contributed by atoms with van der Waals surface area (Å²) >= 11 is 0. The molecule has 1 saturated heterocycles. The fourth-order valence-electron chi connectivity index (χ4n) is 4.80. The highest BCUT2D eigenvalue weighted by Crippen LogP contribution is 2.39. The van der Waals surface area contributed by atoms with E-state index in [-0.39, 0.29) is 35.5 Å². The van der Waals surface area contributed by atoms with Crippen molar-refractivity contribution in [1.82, 2.24) is 0 Å². The third-order valence-corrected chi connectivity index (χ3v) is 6.93. The SMILES string of the molecule is CC1=CC[C@H]2C(=O)N(c3ccc(C(=O)Nc4ccc(C(=O)Nc5ccc(C)cc5)cc4)cc3)C(=O)[C@H]2C1. The molecule has 2 N–H and O–H groups in total. The van der Waals surface area contributed by atoms with Gasteiger partial charge in [-0.2, -0.15) is 0 Å². The number of nitrogens with one attached hydrogen (secondary N) is 2.